The number of nitrogens with zero attached hydrogens (tertiary/aromatic N) is 4. The van der Waals surface area contributed by atoms with Gasteiger partial charge in [-0.2, -0.15) is 0 Å². The van der Waals surface area contributed by atoms with E-state index in [-0.39, 0.29) is 6.04 Å². The number of carboxylic acid groups (broad SMARTS) is 1. The number of terminal acetylenes is 1. The van der Waals surface area contributed by atoms with Gasteiger partial charge in [-0.25, -0.2) is 14.8 Å². The second-order valence-corrected chi connectivity index (χ2v) is 7.03. The molecule has 0 amide bonds. The number of hydrogen-bond acceptors (Lipinski definition) is 4. The number of halogens is 2. The van der Waals surface area contributed by atoms with Crippen LogP contribution < -0.4 is 4.90 Å². The number of carboxylic acids is 1. The lowest BCUT2D eigenvalue weighted by atomic mass is 10.1. The molecule has 2 atom stereocenters. The number of hydrogen-bond donors (Lipinski definition) is 1. The highest BCUT2D eigenvalue weighted by molar-refractivity contribution is 6.45. The maximum absolute atomic E-state index is 11.7. The van der Waals surface area contributed by atoms with Gasteiger partial charge in [-0.1, -0.05) is 29.1 Å². The van der Waals surface area contributed by atoms with Gasteiger partial charge in [0.25, 0.3) is 0 Å². The van der Waals surface area contributed by atoms with Crippen molar-refractivity contribution in [1.82, 2.24) is 14.5 Å². The average molecular weight is 401 g/mol. The number of carbonyl (C=O) groups is 1. The number of benzene rings is 1. The van der Waals surface area contributed by atoms with E-state index < -0.39 is 12.0 Å². The summed E-state index contributed by atoms with van der Waals surface area (Å²) >= 11 is 12.6. The van der Waals surface area contributed by atoms with E-state index in [9.17, 15) is 9.90 Å². The molecule has 8 heteroatoms. The molecule has 6 nitrogen and oxygen atoms in total. The Morgan fingerprint density at radius 2 is 2.15 bits per heavy atom. The van der Waals surface area contributed by atoms with Gasteiger partial charge in [-0.15, -0.1) is 6.42 Å². The topological polar surface area (TPSA) is 71.2 Å². The average Bonchev–Trinajstić information content (AvgIpc) is 3.33. The van der Waals surface area contributed by atoms with Gasteiger partial charge in [0.1, 0.15) is 11.9 Å². The van der Waals surface area contributed by atoms with Crippen molar-refractivity contribution in [2.45, 2.75) is 24.9 Å². The highest BCUT2D eigenvalue weighted by atomic mass is 35.5. The van der Waals surface area contributed by atoms with Crippen molar-refractivity contribution in [2.24, 2.45) is 0 Å². The smallest absolute Gasteiger partial charge is 0.326 e. The first-order valence-corrected chi connectivity index (χ1v) is 9.01. The second kappa shape index (κ2) is 6.76. The fraction of sp³-hybridized carbons (Fsp3) is 0.211. The van der Waals surface area contributed by atoms with E-state index in [2.05, 4.69) is 15.9 Å². The predicted octanol–water partition coefficient (Wildman–Crippen LogP) is 3.78. The minimum Gasteiger partial charge on any atom is -0.480 e. The summed E-state index contributed by atoms with van der Waals surface area (Å²) in [6.07, 6.45) is 11.8. The van der Waals surface area contributed by atoms with Gasteiger partial charge in [0.05, 0.1) is 33.6 Å². The lowest BCUT2D eigenvalue weighted by molar-refractivity contribution is -0.138. The van der Waals surface area contributed by atoms with Crippen molar-refractivity contribution < 1.29 is 9.90 Å². The minimum atomic E-state index is -0.934. The third-order valence-corrected chi connectivity index (χ3v) is 5.54. The van der Waals surface area contributed by atoms with Crippen molar-refractivity contribution in [3.05, 3.63) is 47.0 Å². The summed E-state index contributed by atoms with van der Waals surface area (Å²) in [6, 6.07) is 4.23. The number of aromatic nitrogens is 3. The van der Waals surface area contributed by atoms with E-state index in [1.807, 2.05) is 10.6 Å². The predicted molar refractivity (Wildman–Crippen MR) is 105 cm³/mol. The third kappa shape index (κ3) is 2.89. The Hall–Kier alpha value is -2.75. The monoisotopic (exact) mass is 400 g/mol. The molecule has 3 aromatic rings. The Kier molecular flexibility index (Phi) is 4.42. The van der Waals surface area contributed by atoms with Crippen LogP contribution in [-0.4, -0.2) is 37.7 Å². The summed E-state index contributed by atoms with van der Waals surface area (Å²) in [7, 11) is 0. The molecule has 4 rings (SSSR count). The van der Waals surface area contributed by atoms with Crippen molar-refractivity contribution >= 4 is 45.9 Å². The van der Waals surface area contributed by atoms with Crippen LogP contribution in [0.3, 0.4) is 0 Å². The molecular formula is C19H14Cl2N4O2. The molecule has 1 aromatic carbocycles. The van der Waals surface area contributed by atoms with Crippen LogP contribution in [0, 0.1) is 12.3 Å². The number of rotatable bonds is 3. The molecular weight excluding hydrogens is 387 g/mol. The van der Waals surface area contributed by atoms with Crippen molar-refractivity contribution in [2.75, 3.05) is 4.90 Å². The zero-order chi connectivity index (χ0) is 19.1. The van der Waals surface area contributed by atoms with Crippen molar-refractivity contribution in [3.63, 3.8) is 0 Å². The summed E-state index contributed by atoms with van der Waals surface area (Å²) < 4.78 is 1.81. The molecule has 1 N–H and O–H groups in total. The quantitative estimate of drug-likeness (QED) is 0.677. The first kappa shape index (κ1) is 17.7. The van der Waals surface area contributed by atoms with E-state index >= 15 is 0 Å². The lowest BCUT2D eigenvalue weighted by Crippen LogP contribution is -2.41. The molecule has 136 valence electrons. The van der Waals surface area contributed by atoms with E-state index in [1.54, 1.807) is 35.8 Å². The largest absolute Gasteiger partial charge is 0.480 e. The van der Waals surface area contributed by atoms with Crippen LogP contribution in [0.4, 0.5) is 5.82 Å². The summed E-state index contributed by atoms with van der Waals surface area (Å²) in [6.45, 7) is 0. The lowest BCUT2D eigenvalue weighted by Gasteiger charge is -2.27. The van der Waals surface area contributed by atoms with Gasteiger partial charge in [0.15, 0.2) is 0 Å². The molecule has 1 fully saturated rings. The highest BCUT2D eigenvalue weighted by Gasteiger charge is 2.38. The molecule has 1 aliphatic rings. The van der Waals surface area contributed by atoms with Crippen molar-refractivity contribution in [1.29, 1.82) is 0 Å². The molecule has 27 heavy (non-hydrogen) atoms. The molecule has 0 spiro atoms. The van der Waals surface area contributed by atoms with Gasteiger partial charge in [-0.3, -0.25) is 0 Å². The molecule has 2 aromatic heterocycles. The molecule has 1 unspecified atom stereocenters. The normalized spacial score (nSPS) is 19.4. The standard InChI is InChI=1S/C19H14Cl2N4O2/c1-2-11-3-6-14(19(26)27)25(11)16-9-15(24-8-7-22-10-24)12-4-5-13(20)17(21)18(12)23-16/h1,4-5,7-11,14H,3,6H2,(H,26,27)/t11?,14-/m0/s1. The van der Waals surface area contributed by atoms with Crippen LogP contribution in [0.15, 0.2) is 36.9 Å². The molecule has 0 aliphatic carbocycles. The van der Waals surface area contributed by atoms with E-state index in [0.717, 1.165) is 11.1 Å². The van der Waals surface area contributed by atoms with E-state index in [1.165, 1.54) is 0 Å². The van der Waals surface area contributed by atoms with Gasteiger partial charge in [-0.05, 0) is 25.0 Å². The Morgan fingerprint density at radius 1 is 1.33 bits per heavy atom. The zero-order valence-electron chi connectivity index (χ0n) is 14.0. The Morgan fingerprint density at radius 3 is 2.81 bits per heavy atom. The Labute approximate surface area is 165 Å². The fourth-order valence-corrected chi connectivity index (χ4v) is 3.85. The number of imidazole rings is 1. The number of pyridine rings is 1. The highest BCUT2D eigenvalue weighted by Crippen LogP contribution is 2.37. The maximum Gasteiger partial charge on any atom is 0.326 e. The first-order valence-electron chi connectivity index (χ1n) is 8.25. The third-order valence-electron chi connectivity index (χ3n) is 4.75. The van der Waals surface area contributed by atoms with Gasteiger partial charge < -0.3 is 14.6 Å². The van der Waals surface area contributed by atoms with Crippen molar-refractivity contribution in [3.8, 4) is 18.0 Å². The van der Waals surface area contributed by atoms with Crippen LogP contribution in [0.25, 0.3) is 16.6 Å². The molecule has 0 bridgehead atoms. The van der Waals surface area contributed by atoms with Gasteiger partial charge >= 0.3 is 5.97 Å². The maximum atomic E-state index is 11.7. The van der Waals surface area contributed by atoms with Crippen LogP contribution in [0.1, 0.15) is 12.8 Å². The molecule has 1 saturated heterocycles. The van der Waals surface area contributed by atoms with Crippen LogP contribution in [0.2, 0.25) is 10.0 Å². The van der Waals surface area contributed by atoms with Crippen LogP contribution >= 0.6 is 23.2 Å². The summed E-state index contributed by atoms with van der Waals surface area (Å²) in [4.78, 5) is 22.1. The second-order valence-electron chi connectivity index (χ2n) is 6.25. The summed E-state index contributed by atoms with van der Waals surface area (Å²) in [5.41, 5.74) is 1.25. The summed E-state index contributed by atoms with van der Waals surface area (Å²) in [5.74, 6) is 2.18. The van der Waals surface area contributed by atoms with Gasteiger partial charge in [0.2, 0.25) is 0 Å². The number of fused-ring (bicyclic) bond motifs is 1. The van der Waals surface area contributed by atoms with Gasteiger partial charge in [0, 0.05) is 23.8 Å². The first-order chi connectivity index (χ1) is 13.0. The molecule has 3 heterocycles. The molecule has 0 saturated carbocycles. The Bertz CT molecular complexity index is 1080. The summed E-state index contributed by atoms with van der Waals surface area (Å²) in [5, 5.41) is 11.1. The Balaban J connectivity index is 2.00. The molecule has 0 radical (unpaired) electrons. The number of anilines is 1. The van der Waals surface area contributed by atoms with Crippen LogP contribution in [-0.2, 0) is 4.79 Å². The minimum absolute atomic E-state index is 0.306. The fourth-order valence-electron chi connectivity index (χ4n) is 3.49. The zero-order valence-corrected chi connectivity index (χ0v) is 15.5. The van der Waals surface area contributed by atoms with E-state index in [4.69, 9.17) is 29.6 Å². The SMILES string of the molecule is C#CC1CC[C@@H](C(=O)O)N1c1cc(-n2ccnc2)c2ccc(Cl)c(Cl)c2n1. The van der Waals surface area contributed by atoms with E-state index in [0.29, 0.717) is 34.2 Å². The van der Waals surface area contributed by atoms with Crippen LogP contribution in [0.5, 0.6) is 0 Å². The number of aliphatic carboxylic acids is 1. The molecule has 1 aliphatic heterocycles.